The van der Waals surface area contributed by atoms with Crippen LogP contribution in [0.4, 0.5) is 0 Å². The zero-order valence-corrected chi connectivity index (χ0v) is 31.2. The first-order valence-corrected chi connectivity index (χ1v) is 19.5. The highest BCUT2D eigenvalue weighted by atomic mass is 16.3. The number of aromatic nitrogens is 4. The van der Waals surface area contributed by atoms with Crippen molar-refractivity contribution in [1.82, 2.24) is 19.5 Å². The lowest BCUT2D eigenvalue weighted by Gasteiger charge is -2.16. The van der Waals surface area contributed by atoms with Gasteiger partial charge in [0.05, 0.1) is 16.7 Å². The summed E-state index contributed by atoms with van der Waals surface area (Å²) in [5.41, 5.74) is 9.92. The summed E-state index contributed by atoms with van der Waals surface area (Å²) >= 11 is 0. The van der Waals surface area contributed by atoms with Gasteiger partial charge < -0.3 is 8.98 Å². The van der Waals surface area contributed by atoms with Gasteiger partial charge in [-0.15, -0.1) is 0 Å². The number of rotatable bonds is 5. The fourth-order valence-corrected chi connectivity index (χ4v) is 8.76. The SMILES string of the molecule is c1ccc(-c2nc(-c3ccccc3)nc(-c3cc(-c4ccc(-n5c6ccccc6c6cc7ccccc7cc65)c5ccccc45)cc4oc5ccccc5c34)n2)cc1. The van der Waals surface area contributed by atoms with Crippen LogP contribution in [0.25, 0.3) is 116 Å². The van der Waals surface area contributed by atoms with Crippen LogP contribution in [0.15, 0.2) is 199 Å². The normalized spacial score (nSPS) is 11.8. The van der Waals surface area contributed by atoms with Crippen LogP contribution in [0.5, 0.6) is 0 Å². The molecule has 0 N–H and O–H groups in total. The Labute approximate surface area is 333 Å². The molecular weight excluding hydrogens is 709 g/mol. The number of hydrogen-bond acceptors (Lipinski definition) is 4. The van der Waals surface area contributed by atoms with Crippen LogP contribution in [0.1, 0.15) is 0 Å². The Hall–Kier alpha value is -7.89. The quantitative estimate of drug-likeness (QED) is 0.176. The predicted molar refractivity (Wildman–Crippen MR) is 238 cm³/mol. The molecule has 3 aromatic heterocycles. The molecule has 0 saturated carbocycles. The maximum atomic E-state index is 6.66. The second kappa shape index (κ2) is 12.8. The van der Waals surface area contributed by atoms with E-state index in [9.17, 15) is 0 Å². The number of nitrogens with zero attached hydrogens (tertiary/aromatic N) is 4. The molecule has 0 fully saturated rings. The fraction of sp³-hybridized carbons (Fsp3) is 0. The number of benzene rings is 9. The van der Waals surface area contributed by atoms with Gasteiger partial charge in [-0.2, -0.15) is 0 Å². The minimum absolute atomic E-state index is 0.588. The van der Waals surface area contributed by atoms with Crippen molar-refractivity contribution >= 4 is 65.3 Å². The second-order valence-corrected chi connectivity index (χ2v) is 14.8. The van der Waals surface area contributed by atoms with Crippen molar-refractivity contribution in [1.29, 1.82) is 0 Å². The van der Waals surface area contributed by atoms with E-state index in [0.29, 0.717) is 17.5 Å². The molecule has 0 atom stereocenters. The number of hydrogen-bond donors (Lipinski definition) is 0. The molecule has 3 heterocycles. The molecule has 0 saturated heterocycles. The Kier molecular flexibility index (Phi) is 7.16. The van der Waals surface area contributed by atoms with Gasteiger partial charge in [0, 0.05) is 43.6 Å². The summed E-state index contributed by atoms with van der Waals surface area (Å²) in [5, 5.41) is 9.21. The van der Waals surface area contributed by atoms with E-state index in [4.69, 9.17) is 19.4 Å². The van der Waals surface area contributed by atoms with Crippen molar-refractivity contribution in [2.24, 2.45) is 0 Å². The van der Waals surface area contributed by atoms with Crippen molar-refractivity contribution in [2.75, 3.05) is 0 Å². The van der Waals surface area contributed by atoms with Gasteiger partial charge in [-0.3, -0.25) is 0 Å². The molecule has 0 amide bonds. The molecule has 0 aliphatic rings. The van der Waals surface area contributed by atoms with E-state index in [1.807, 2.05) is 72.8 Å². The number of furan rings is 1. The average Bonchev–Trinajstić information content (AvgIpc) is 3.83. The van der Waals surface area contributed by atoms with Crippen LogP contribution in [-0.4, -0.2) is 19.5 Å². The van der Waals surface area contributed by atoms with Crippen LogP contribution < -0.4 is 0 Å². The van der Waals surface area contributed by atoms with E-state index < -0.39 is 0 Å². The van der Waals surface area contributed by atoms with E-state index in [1.54, 1.807) is 0 Å². The van der Waals surface area contributed by atoms with Crippen molar-refractivity contribution in [2.45, 2.75) is 0 Å². The smallest absolute Gasteiger partial charge is 0.164 e. The van der Waals surface area contributed by atoms with Crippen molar-refractivity contribution < 1.29 is 4.42 Å². The van der Waals surface area contributed by atoms with Gasteiger partial charge in [0.2, 0.25) is 0 Å². The van der Waals surface area contributed by atoms with Crippen LogP contribution in [0, 0.1) is 0 Å². The van der Waals surface area contributed by atoms with Gasteiger partial charge in [0.25, 0.3) is 0 Å². The molecule has 0 aliphatic heterocycles. The first kappa shape index (κ1) is 32.4. The van der Waals surface area contributed by atoms with Gasteiger partial charge in [-0.1, -0.05) is 152 Å². The highest BCUT2D eigenvalue weighted by Crippen LogP contribution is 2.43. The molecule has 0 spiro atoms. The predicted octanol–water partition coefficient (Wildman–Crippen LogP) is 13.8. The van der Waals surface area contributed by atoms with Gasteiger partial charge in [-0.05, 0) is 69.8 Å². The van der Waals surface area contributed by atoms with Crippen LogP contribution in [0.2, 0.25) is 0 Å². The molecule has 12 aromatic rings. The zero-order chi connectivity index (χ0) is 38.2. The Bertz CT molecular complexity index is 3510. The molecule has 0 radical (unpaired) electrons. The molecule has 0 unspecified atom stereocenters. The maximum Gasteiger partial charge on any atom is 0.164 e. The maximum absolute atomic E-state index is 6.66. The van der Waals surface area contributed by atoms with Crippen molar-refractivity contribution in [3.8, 4) is 51.0 Å². The average molecular weight is 741 g/mol. The Balaban J connectivity index is 1.12. The van der Waals surface area contributed by atoms with Crippen LogP contribution >= 0.6 is 0 Å². The van der Waals surface area contributed by atoms with E-state index in [-0.39, 0.29) is 0 Å². The van der Waals surface area contributed by atoms with Gasteiger partial charge in [0.15, 0.2) is 17.5 Å². The molecule has 270 valence electrons. The molecule has 0 aliphatic carbocycles. The molecule has 5 nitrogen and oxygen atoms in total. The van der Waals surface area contributed by atoms with E-state index in [1.165, 1.54) is 32.6 Å². The van der Waals surface area contributed by atoms with Gasteiger partial charge in [0.1, 0.15) is 11.2 Å². The molecule has 0 bridgehead atoms. The minimum Gasteiger partial charge on any atom is -0.456 e. The van der Waals surface area contributed by atoms with E-state index >= 15 is 0 Å². The Morgan fingerprint density at radius 1 is 0.345 bits per heavy atom. The highest BCUT2D eigenvalue weighted by molar-refractivity contribution is 6.16. The van der Waals surface area contributed by atoms with Gasteiger partial charge in [-0.25, -0.2) is 15.0 Å². The summed E-state index contributed by atoms with van der Waals surface area (Å²) in [6.45, 7) is 0. The van der Waals surface area contributed by atoms with E-state index in [0.717, 1.165) is 66.2 Å². The largest absolute Gasteiger partial charge is 0.456 e. The summed E-state index contributed by atoms with van der Waals surface area (Å²) in [4.78, 5) is 15.4. The summed E-state index contributed by atoms with van der Waals surface area (Å²) in [5.74, 6) is 1.82. The third-order valence-corrected chi connectivity index (χ3v) is 11.4. The summed E-state index contributed by atoms with van der Waals surface area (Å²) in [6, 6.07) is 68.1. The zero-order valence-electron chi connectivity index (χ0n) is 31.2. The first-order chi connectivity index (χ1) is 28.7. The first-order valence-electron chi connectivity index (χ1n) is 19.5. The fourth-order valence-electron chi connectivity index (χ4n) is 8.76. The number of fused-ring (bicyclic) bond motifs is 8. The van der Waals surface area contributed by atoms with Crippen molar-refractivity contribution in [3.05, 3.63) is 194 Å². The lowest BCUT2D eigenvalue weighted by molar-refractivity contribution is 0.669. The Morgan fingerprint density at radius 2 is 0.931 bits per heavy atom. The van der Waals surface area contributed by atoms with Crippen LogP contribution in [-0.2, 0) is 0 Å². The molecule has 9 aromatic carbocycles. The summed E-state index contributed by atoms with van der Waals surface area (Å²) < 4.78 is 9.09. The third-order valence-electron chi connectivity index (χ3n) is 11.4. The molecule has 12 rings (SSSR count). The molecule has 58 heavy (non-hydrogen) atoms. The topological polar surface area (TPSA) is 56.7 Å². The standard InChI is InChI=1S/C53H32N4O/c1-3-15-33(16-4-1)51-54-52(34-17-5-2-6-18-34)56-53(55-51)44-30-37(32-49-50(44)42-24-12-14-26-48(42)58-49)38-27-28-46(40-22-10-9-21-39(38)40)57-45-25-13-11-23-41(45)43-29-35-19-7-8-20-36(35)31-47(43)57/h1-32H. The third kappa shape index (κ3) is 5.07. The highest BCUT2D eigenvalue weighted by Gasteiger charge is 2.22. The molecule has 5 heteroatoms. The van der Waals surface area contributed by atoms with Gasteiger partial charge >= 0.3 is 0 Å². The second-order valence-electron chi connectivity index (χ2n) is 14.8. The monoisotopic (exact) mass is 740 g/mol. The Morgan fingerprint density at radius 3 is 1.67 bits per heavy atom. The lowest BCUT2D eigenvalue weighted by Crippen LogP contribution is -2.00. The van der Waals surface area contributed by atoms with E-state index in [2.05, 4.69) is 126 Å². The number of para-hydroxylation sites is 2. The minimum atomic E-state index is 0.588. The van der Waals surface area contributed by atoms with Crippen LogP contribution in [0.3, 0.4) is 0 Å². The molecular formula is C53H32N4O. The van der Waals surface area contributed by atoms with Crippen molar-refractivity contribution in [3.63, 3.8) is 0 Å². The lowest BCUT2D eigenvalue weighted by atomic mass is 9.93. The summed E-state index contributed by atoms with van der Waals surface area (Å²) in [7, 11) is 0. The summed E-state index contributed by atoms with van der Waals surface area (Å²) in [6.07, 6.45) is 0.